The maximum Gasteiger partial charge on any atom is 0.416 e. The van der Waals surface area contributed by atoms with Crippen LogP contribution in [0.1, 0.15) is 41.8 Å². The average molecular weight is 455 g/mol. The van der Waals surface area contributed by atoms with Crippen LogP contribution in [0.4, 0.5) is 36.8 Å². The number of amides is 2. The van der Waals surface area contributed by atoms with E-state index in [1.165, 1.54) is 4.90 Å². The van der Waals surface area contributed by atoms with Gasteiger partial charge in [-0.1, -0.05) is 25.1 Å². The van der Waals surface area contributed by atoms with Gasteiger partial charge < -0.3 is 15.2 Å². The molecular weight excluding hydrogens is 436 g/mol. The standard InChI is InChI=1S/C22H19F6N3O/c1-2-18-19-16(15-5-3-4-6-17(15)30-19)7-8-31(18)20(32)29-14-10-12(21(23,24)25)9-13(11-14)22(26,27)28/h3-6,9-11,18,30H,2,7-8H2,1H3,(H,29,32). The summed E-state index contributed by atoms with van der Waals surface area (Å²) in [5.41, 5.74) is -0.720. The van der Waals surface area contributed by atoms with Crippen LogP contribution < -0.4 is 5.32 Å². The molecule has 0 bridgehead atoms. The van der Waals surface area contributed by atoms with Crippen LogP contribution in [0.5, 0.6) is 0 Å². The molecule has 32 heavy (non-hydrogen) atoms. The first-order valence-electron chi connectivity index (χ1n) is 9.95. The van der Waals surface area contributed by atoms with Gasteiger partial charge in [-0.3, -0.25) is 0 Å². The molecule has 2 heterocycles. The molecule has 0 saturated carbocycles. The fraction of sp³-hybridized carbons (Fsp3) is 0.318. The lowest BCUT2D eigenvalue weighted by Gasteiger charge is -2.35. The topological polar surface area (TPSA) is 48.1 Å². The molecule has 2 aromatic carbocycles. The SMILES string of the molecule is CCC1c2[nH]c3ccccc3c2CCN1C(=O)Nc1cc(C(F)(F)F)cc(C(F)(F)F)c1. The van der Waals surface area contributed by atoms with Crippen molar-refractivity contribution >= 4 is 22.6 Å². The van der Waals surface area contributed by atoms with E-state index in [1.54, 1.807) is 0 Å². The van der Waals surface area contributed by atoms with E-state index in [-0.39, 0.29) is 18.7 Å². The molecule has 0 spiro atoms. The predicted octanol–water partition coefficient (Wildman–Crippen LogP) is 6.75. The van der Waals surface area contributed by atoms with Crippen molar-refractivity contribution < 1.29 is 31.1 Å². The van der Waals surface area contributed by atoms with E-state index in [1.807, 2.05) is 31.2 Å². The summed E-state index contributed by atoms with van der Waals surface area (Å²) in [6.45, 7) is 2.14. The Morgan fingerprint density at radius 1 is 1.06 bits per heavy atom. The highest BCUT2D eigenvalue weighted by atomic mass is 19.4. The number of anilines is 1. The van der Waals surface area contributed by atoms with Gasteiger partial charge >= 0.3 is 18.4 Å². The summed E-state index contributed by atoms with van der Waals surface area (Å²) in [5.74, 6) is 0. The van der Waals surface area contributed by atoms with Gasteiger partial charge in [-0.25, -0.2) is 4.79 Å². The van der Waals surface area contributed by atoms with E-state index in [9.17, 15) is 31.1 Å². The van der Waals surface area contributed by atoms with E-state index >= 15 is 0 Å². The molecular formula is C22H19F6N3O. The van der Waals surface area contributed by atoms with E-state index < -0.39 is 35.2 Å². The first kappa shape index (κ1) is 22.0. The summed E-state index contributed by atoms with van der Waals surface area (Å²) in [6, 6.07) is 7.55. The number of carbonyl (C=O) groups is 1. The zero-order valence-electron chi connectivity index (χ0n) is 16.9. The summed E-state index contributed by atoms with van der Waals surface area (Å²) in [7, 11) is 0. The van der Waals surface area contributed by atoms with E-state index in [0.29, 0.717) is 25.0 Å². The van der Waals surface area contributed by atoms with Crippen molar-refractivity contribution in [1.29, 1.82) is 0 Å². The molecule has 170 valence electrons. The summed E-state index contributed by atoms with van der Waals surface area (Å²) in [6.07, 6.45) is -8.95. The normalized spacial score (nSPS) is 16.8. The number of hydrogen-bond acceptors (Lipinski definition) is 1. The second kappa shape index (κ2) is 7.75. The third-order valence-corrected chi connectivity index (χ3v) is 5.65. The molecule has 1 aromatic heterocycles. The maximum atomic E-state index is 13.1. The Balaban J connectivity index is 1.65. The summed E-state index contributed by atoms with van der Waals surface area (Å²) in [5, 5.41) is 3.27. The zero-order chi connectivity index (χ0) is 23.3. The highest BCUT2D eigenvalue weighted by Gasteiger charge is 2.38. The number of aromatic amines is 1. The lowest BCUT2D eigenvalue weighted by molar-refractivity contribution is -0.143. The first-order chi connectivity index (χ1) is 15.0. The number of fused-ring (bicyclic) bond motifs is 3. The molecule has 10 heteroatoms. The van der Waals surface area contributed by atoms with E-state index in [0.717, 1.165) is 22.2 Å². The highest BCUT2D eigenvalue weighted by molar-refractivity contribution is 5.91. The van der Waals surface area contributed by atoms with Gasteiger partial charge in [0.2, 0.25) is 0 Å². The van der Waals surface area contributed by atoms with Gasteiger partial charge in [-0.15, -0.1) is 0 Å². The molecule has 2 N–H and O–H groups in total. The maximum absolute atomic E-state index is 13.1. The average Bonchev–Trinajstić information content (AvgIpc) is 3.10. The Morgan fingerprint density at radius 3 is 2.28 bits per heavy atom. The Bertz CT molecular complexity index is 1130. The largest absolute Gasteiger partial charge is 0.416 e. The van der Waals surface area contributed by atoms with Crippen molar-refractivity contribution in [1.82, 2.24) is 9.88 Å². The molecule has 3 aromatic rings. The number of rotatable bonds is 2. The van der Waals surface area contributed by atoms with Gasteiger partial charge in [0.05, 0.1) is 17.2 Å². The van der Waals surface area contributed by atoms with Crippen LogP contribution in [-0.2, 0) is 18.8 Å². The number of benzene rings is 2. The molecule has 1 unspecified atom stereocenters. The predicted molar refractivity (Wildman–Crippen MR) is 107 cm³/mol. The fourth-order valence-corrected chi connectivity index (χ4v) is 4.21. The molecule has 0 radical (unpaired) electrons. The molecule has 0 fully saturated rings. The van der Waals surface area contributed by atoms with Gasteiger partial charge in [0.25, 0.3) is 0 Å². The second-order valence-electron chi connectivity index (χ2n) is 7.65. The van der Waals surface area contributed by atoms with Crippen LogP contribution in [0.25, 0.3) is 10.9 Å². The highest BCUT2D eigenvalue weighted by Crippen LogP contribution is 2.39. The fourth-order valence-electron chi connectivity index (χ4n) is 4.21. The van der Waals surface area contributed by atoms with Crippen molar-refractivity contribution in [2.45, 2.75) is 38.2 Å². The molecule has 4 nitrogen and oxygen atoms in total. The van der Waals surface area contributed by atoms with Crippen molar-refractivity contribution in [2.75, 3.05) is 11.9 Å². The van der Waals surface area contributed by atoms with Crippen LogP contribution in [0, 0.1) is 0 Å². The van der Waals surface area contributed by atoms with Gasteiger partial charge in [-0.05, 0) is 42.7 Å². The molecule has 0 aliphatic carbocycles. The summed E-state index contributed by atoms with van der Waals surface area (Å²) in [4.78, 5) is 17.7. The van der Waals surface area contributed by atoms with Crippen molar-refractivity contribution in [3.05, 3.63) is 64.8 Å². The van der Waals surface area contributed by atoms with Crippen LogP contribution in [0.3, 0.4) is 0 Å². The molecule has 4 rings (SSSR count). The minimum Gasteiger partial charge on any atom is -0.356 e. The van der Waals surface area contributed by atoms with Crippen molar-refractivity contribution in [3.8, 4) is 0 Å². The lowest BCUT2D eigenvalue weighted by atomic mass is 9.96. The van der Waals surface area contributed by atoms with Gasteiger partial charge in [0, 0.05) is 28.8 Å². The Labute approximate surface area is 179 Å². The second-order valence-corrected chi connectivity index (χ2v) is 7.65. The van der Waals surface area contributed by atoms with Crippen LogP contribution >= 0.6 is 0 Å². The third-order valence-electron chi connectivity index (χ3n) is 5.65. The Morgan fingerprint density at radius 2 is 1.69 bits per heavy atom. The number of carbonyl (C=O) groups excluding carboxylic acids is 1. The van der Waals surface area contributed by atoms with E-state index in [4.69, 9.17) is 0 Å². The first-order valence-corrected chi connectivity index (χ1v) is 9.95. The number of nitrogens with one attached hydrogen (secondary N) is 2. The molecule has 1 atom stereocenters. The number of alkyl halides is 6. The zero-order valence-corrected chi connectivity index (χ0v) is 16.9. The molecule has 1 aliphatic rings. The summed E-state index contributed by atoms with van der Waals surface area (Å²) < 4.78 is 78.7. The Kier molecular flexibility index (Phi) is 5.34. The number of hydrogen-bond donors (Lipinski definition) is 2. The van der Waals surface area contributed by atoms with Crippen LogP contribution in [-0.4, -0.2) is 22.5 Å². The van der Waals surface area contributed by atoms with Crippen molar-refractivity contribution in [2.24, 2.45) is 0 Å². The molecule has 1 aliphatic heterocycles. The smallest absolute Gasteiger partial charge is 0.356 e. The quantitative estimate of drug-likeness (QED) is 0.413. The van der Waals surface area contributed by atoms with Gasteiger partial charge in [0.1, 0.15) is 0 Å². The third kappa shape index (κ3) is 4.01. The van der Waals surface area contributed by atoms with Crippen LogP contribution in [0.2, 0.25) is 0 Å². The minimum absolute atomic E-state index is 0.0299. The minimum atomic E-state index is -4.99. The number of para-hydroxylation sites is 1. The number of H-pyrrole nitrogens is 1. The van der Waals surface area contributed by atoms with Gasteiger partial charge in [-0.2, -0.15) is 26.3 Å². The number of halogens is 6. The number of nitrogens with zero attached hydrogens (tertiary/aromatic N) is 1. The molecule has 2 amide bonds. The molecule has 0 saturated heterocycles. The van der Waals surface area contributed by atoms with Gasteiger partial charge in [0.15, 0.2) is 0 Å². The lowest BCUT2D eigenvalue weighted by Crippen LogP contribution is -2.42. The van der Waals surface area contributed by atoms with Crippen molar-refractivity contribution in [3.63, 3.8) is 0 Å². The monoisotopic (exact) mass is 455 g/mol. The number of urea groups is 1. The van der Waals surface area contributed by atoms with Crippen LogP contribution in [0.15, 0.2) is 42.5 Å². The summed E-state index contributed by atoms with van der Waals surface area (Å²) >= 11 is 0. The Hall–Kier alpha value is -3.17. The van der Waals surface area contributed by atoms with E-state index in [2.05, 4.69) is 10.3 Å². The number of aromatic nitrogens is 1.